The smallest absolute Gasteiger partial charge is 0.172 e. The van der Waals surface area contributed by atoms with Crippen molar-refractivity contribution in [1.29, 1.82) is 0 Å². The minimum absolute atomic E-state index is 0.114. The maximum absolute atomic E-state index is 8.92. The fourth-order valence-corrected chi connectivity index (χ4v) is 2.62. The minimum atomic E-state index is 0.114. The van der Waals surface area contributed by atoms with E-state index < -0.39 is 0 Å². The second-order valence-corrected chi connectivity index (χ2v) is 5.71. The number of halogens is 1. The topological polar surface area (TPSA) is 71.1 Å². The molecule has 1 heterocycles. The van der Waals surface area contributed by atoms with Gasteiger partial charge in [-0.25, -0.2) is 0 Å². The van der Waals surface area contributed by atoms with Gasteiger partial charge in [0.1, 0.15) is 0 Å². The first-order chi connectivity index (χ1) is 9.02. The zero-order valence-corrected chi connectivity index (χ0v) is 12.6. The SMILES string of the molecule is CC1CN(c2ccc(Br)cc2/C(N)=N/O)C(C)CO1. The van der Waals surface area contributed by atoms with Crippen molar-refractivity contribution in [3.63, 3.8) is 0 Å². The molecule has 1 aliphatic heterocycles. The molecule has 0 bridgehead atoms. The molecule has 0 saturated carbocycles. The molecule has 6 heteroatoms. The largest absolute Gasteiger partial charge is 0.409 e. The highest BCUT2D eigenvalue weighted by molar-refractivity contribution is 9.10. The van der Waals surface area contributed by atoms with E-state index in [-0.39, 0.29) is 18.0 Å². The summed E-state index contributed by atoms with van der Waals surface area (Å²) < 4.78 is 6.53. The predicted molar refractivity (Wildman–Crippen MR) is 78.9 cm³/mol. The van der Waals surface area contributed by atoms with Gasteiger partial charge in [-0.15, -0.1) is 0 Å². The molecule has 104 valence electrons. The first kappa shape index (κ1) is 14.1. The second-order valence-electron chi connectivity index (χ2n) is 4.79. The van der Waals surface area contributed by atoms with Crippen LogP contribution in [0.1, 0.15) is 19.4 Å². The van der Waals surface area contributed by atoms with Gasteiger partial charge < -0.3 is 20.6 Å². The number of benzene rings is 1. The lowest BCUT2D eigenvalue weighted by molar-refractivity contribution is 0.0343. The lowest BCUT2D eigenvalue weighted by atomic mass is 10.1. The van der Waals surface area contributed by atoms with Gasteiger partial charge in [0.15, 0.2) is 5.84 Å². The highest BCUT2D eigenvalue weighted by Crippen LogP contribution is 2.28. The van der Waals surface area contributed by atoms with Crippen molar-refractivity contribution in [3.8, 4) is 0 Å². The Morgan fingerprint density at radius 1 is 1.53 bits per heavy atom. The van der Waals surface area contributed by atoms with Crippen molar-refractivity contribution in [2.75, 3.05) is 18.1 Å². The lowest BCUT2D eigenvalue weighted by Gasteiger charge is -2.39. The Kier molecular flexibility index (Phi) is 4.31. The fraction of sp³-hybridized carbons (Fsp3) is 0.462. The second kappa shape index (κ2) is 5.79. The predicted octanol–water partition coefficient (Wildman–Crippen LogP) is 2.16. The van der Waals surface area contributed by atoms with Crippen LogP contribution in [0.4, 0.5) is 5.69 Å². The summed E-state index contributed by atoms with van der Waals surface area (Å²) in [5.74, 6) is 0.114. The van der Waals surface area contributed by atoms with Crippen molar-refractivity contribution >= 4 is 27.5 Å². The van der Waals surface area contributed by atoms with Gasteiger partial charge in [-0.1, -0.05) is 21.1 Å². The van der Waals surface area contributed by atoms with Crippen molar-refractivity contribution in [1.82, 2.24) is 0 Å². The third kappa shape index (κ3) is 3.01. The lowest BCUT2D eigenvalue weighted by Crippen LogP contribution is -2.48. The molecule has 2 rings (SSSR count). The third-order valence-electron chi connectivity index (χ3n) is 3.26. The first-order valence-corrected chi connectivity index (χ1v) is 6.98. The number of anilines is 1. The minimum Gasteiger partial charge on any atom is -0.409 e. The molecule has 5 nitrogen and oxygen atoms in total. The van der Waals surface area contributed by atoms with Crippen molar-refractivity contribution in [3.05, 3.63) is 28.2 Å². The van der Waals surface area contributed by atoms with Crippen molar-refractivity contribution in [2.45, 2.75) is 26.0 Å². The van der Waals surface area contributed by atoms with Crippen LogP contribution in [0, 0.1) is 0 Å². The van der Waals surface area contributed by atoms with E-state index in [1.807, 2.05) is 25.1 Å². The molecule has 2 unspecified atom stereocenters. The molecule has 0 aliphatic carbocycles. The number of ether oxygens (including phenoxy) is 1. The Morgan fingerprint density at radius 2 is 2.26 bits per heavy atom. The average Bonchev–Trinajstić information content (AvgIpc) is 2.41. The highest BCUT2D eigenvalue weighted by Gasteiger charge is 2.26. The van der Waals surface area contributed by atoms with Gasteiger partial charge in [-0.05, 0) is 32.0 Å². The van der Waals surface area contributed by atoms with E-state index in [0.29, 0.717) is 6.61 Å². The van der Waals surface area contributed by atoms with Crippen LogP contribution in [0.25, 0.3) is 0 Å². The van der Waals surface area contributed by atoms with Crippen LogP contribution in [-0.4, -0.2) is 36.3 Å². The number of hydrogen-bond acceptors (Lipinski definition) is 4. The zero-order chi connectivity index (χ0) is 14.0. The van der Waals surface area contributed by atoms with E-state index >= 15 is 0 Å². The van der Waals surface area contributed by atoms with Gasteiger partial charge in [-0.3, -0.25) is 0 Å². The van der Waals surface area contributed by atoms with Gasteiger partial charge in [0, 0.05) is 28.3 Å². The summed E-state index contributed by atoms with van der Waals surface area (Å²) >= 11 is 3.41. The number of rotatable bonds is 2. The fourth-order valence-electron chi connectivity index (χ4n) is 2.26. The Labute approximate surface area is 121 Å². The molecule has 1 fully saturated rings. The summed E-state index contributed by atoms with van der Waals surface area (Å²) in [7, 11) is 0. The molecule has 1 aliphatic rings. The molecule has 0 spiro atoms. The van der Waals surface area contributed by atoms with Gasteiger partial charge >= 0.3 is 0 Å². The normalized spacial score (nSPS) is 24.6. The Morgan fingerprint density at radius 3 is 2.95 bits per heavy atom. The summed E-state index contributed by atoms with van der Waals surface area (Å²) in [6, 6.07) is 6.04. The number of amidine groups is 1. The molecule has 0 amide bonds. The van der Waals surface area contributed by atoms with Gasteiger partial charge in [0.2, 0.25) is 0 Å². The van der Waals surface area contributed by atoms with Crippen LogP contribution < -0.4 is 10.6 Å². The molecule has 1 aromatic carbocycles. The third-order valence-corrected chi connectivity index (χ3v) is 3.75. The van der Waals surface area contributed by atoms with Crippen LogP contribution in [-0.2, 0) is 4.74 Å². The van der Waals surface area contributed by atoms with E-state index in [2.05, 4.69) is 32.9 Å². The average molecular weight is 328 g/mol. The van der Waals surface area contributed by atoms with Crippen molar-refractivity contribution in [2.24, 2.45) is 10.9 Å². The van der Waals surface area contributed by atoms with Crippen LogP contribution in [0.2, 0.25) is 0 Å². The van der Waals surface area contributed by atoms with E-state index in [1.165, 1.54) is 0 Å². The van der Waals surface area contributed by atoms with Crippen LogP contribution >= 0.6 is 15.9 Å². The summed E-state index contributed by atoms with van der Waals surface area (Å²) in [4.78, 5) is 2.23. The Bertz CT molecular complexity index is 493. The summed E-state index contributed by atoms with van der Waals surface area (Å²) in [5.41, 5.74) is 7.45. The molecule has 1 aromatic rings. The van der Waals surface area contributed by atoms with Crippen LogP contribution in [0.5, 0.6) is 0 Å². The Balaban J connectivity index is 2.43. The molecule has 19 heavy (non-hydrogen) atoms. The van der Waals surface area contributed by atoms with E-state index in [4.69, 9.17) is 15.7 Å². The quantitative estimate of drug-likeness (QED) is 0.378. The van der Waals surface area contributed by atoms with Crippen molar-refractivity contribution < 1.29 is 9.94 Å². The van der Waals surface area contributed by atoms with Gasteiger partial charge in [-0.2, -0.15) is 0 Å². The van der Waals surface area contributed by atoms with Crippen LogP contribution in [0.3, 0.4) is 0 Å². The highest BCUT2D eigenvalue weighted by atomic mass is 79.9. The Hall–Kier alpha value is -1.27. The standard InChI is InChI=1S/C13H18BrN3O2/c1-8-7-19-9(2)6-17(8)12-4-3-10(14)5-11(12)13(15)16-18/h3-5,8-9,18H,6-7H2,1-2H3,(H2,15,16). The molecular weight excluding hydrogens is 310 g/mol. The van der Waals surface area contributed by atoms with E-state index in [9.17, 15) is 0 Å². The molecule has 3 N–H and O–H groups in total. The summed E-state index contributed by atoms with van der Waals surface area (Å²) in [5, 5.41) is 12.0. The summed E-state index contributed by atoms with van der Waals surface area (Å²) in [6.07, 6.45) is 0.167. The number of nitrogens with zero attached hydrogens (tertiary/aromatic N) is 2. The van der Waals surface area contributed by atoms with Gasteiger partial charge in [0.05, 0.1) is 12.7 Å². The molecule has 0 radical (unpaired) electrons. The zero-order valence-electron chi connectivity index (χ0n) is 11.0. The molecule has 0 aromatic heterocycles. The molecule has 2 atom stereocenters. The van der Waals surface area contributed by atoms with Gasteiger partial charge in [0.25, 0.3) is 0 Å². The summed E-state index contributed by atoms with van der Waals surface area (Å²) in [6.45, 7) is 5.60. The maximum atomic E-state index is 8.92. The number of oxime groups is 1. The first-order valence-electron chi connectivity index (χ1n) is 6.18. The number of hydrogen-bond donors (Lipinski definition) is 2. The monoisotopic (exact) mass is 327 g/mol. The van der Waals surface area contributed by atoms with E-state index in [0.717, 1.165) is 22.3 Å². The number of nitrogens with two attached hydrogens (primary N) is 1. The maximum Gasteiger partial charge on any atom is 0.172 e. The van der Waals surface area contributed by atoms with Crippen LogP contribution in [0.15, 0.2) is 27.8 Å². The molecular formula is C13H18BrN3O2. The van der Waals surface area contributed by atoms with E-state index in [1.54, 1.807) is 0 Å². The molecule has 1 saturated heterocycles. The number of morpholine rings is 1.